The number of nitrogens with zero attached hydrogens (tertiary/aromatic N) is 3. The van der Waals surface area contributed by atoms with E-state index < -0.39 is 11.6 Å². The summed E-state index contributed by atoms with van der Waals surface area (Å²) in [5.41, 5.74) is 1.76. The second-order valence-electron chi connectivity index (χ2n) is 7.70. The standard InChI is InChI=1S/C20H22BrF2N3O2S/c1-24(12-5-6-28-10-12)17(27)8-15-16-7-11(9-26(16)20(29)25(15)2)18-14(22)4-3-13(21)19(18)23/h3-4,11-12H,5-10H2,1-2H3/t11-,12?/m1/s1. The molecule has 1 unspecified atom stereocenters. The fourth-order valence-corrected chi connectivity index (χ4v) is 4.97. The van der Waals surface area contributed by atoms with Crippen LogP contribution >= 0.6 is 28.1 Å². The van der Waals surface area contributed by atoms with E-state index in [1.54, 1.807) is 11.9 Å². The third-order valence-corrected chi connectivity index (χ3v) is 7.18. The number of imidazole rings is 1. The molecule has 0 bridgehead atoms. The van der Waals surface area contributed by atoms with E-state index in [2.05, 4.69) is 15.9 Å². The van der Waals surface area contributed by atoms with Gasteiger partial charge in [-0.1, -0.05) is 0 Å². The molecule has 0 spiro atoms. The summed E-state index contributed by atoms with van der Waals surface area (Å²) in [6.07, 6.45) is 1.47. The van der Waals surface area contributed by atoms with Gasteiger partial charge in [0, 0.05) is 50.1 Å². The Hall–Kier alpha value is -1.58. The topological polar surface area (TPSA) is 39.4 Å². The molecule has 3 heterocycles. The van der Waals surface area contributed by atoms with Gasteiger partial charge in [0.05, 0.1) is 23.5 Å². The average molecular weight is 486 g/mol. The van der Waals surface area contributed by atoms with E-state index in [-0.39, 0.29) is 34.3 Å². The van der Waals surface area contributed by atoms with Crippen LogP contribution in [0.15, 0.2) is 16.6 Å². The molecule has 0 aliphatic carbocycles. The first-order valence-electron chi connectivity index (χ1n) is 9.53. The highest BCUT2D eigenvalue weighted by atomic mass is 79.9. The van der Waals surface area contributed by atoms with Gasteiger partial charge < -0.3 is 18.8 Å². The Morgan fingerprint density at radius 1 is 1.41 bits per heavy atom. The number of benzene rings is 1. The summed E-state index contributed by atoms with van der Waals surface area (Å²) in [6, 6.07) is 2.73. The molecule has 29 heavy (non-hydrogen) atoms. The summed E-state index contributed by atoms with van der Waals surface area (Å²) in [6.45, 7) is 1.62. The molecular weight excluding hydrogens is 464 g/mol. The molecule has 1 amide bonds. The fourth-order valence-electron chi connectivity index (χ4n) is 4.33. The van der Waals surface area contributed by atoms with Gasteiger partial charge in [-0.25, -0.2) is 8.78 Å². The highest BCUT2D eigenvalue weighted by Crippen LogP contribution is 2.37. The number of carbonyl (C=O) groups excluding carboxylic acids is 1. The average Bonchev–Trinajstić information content (AvgIpc) is 3.41. The van der Waals surface area contributed by atoms with Crippen molar-refractivity contribution in [3.8, 4) is 0 Å². The molecule has 1 fully saturated rings. The largest absolute Gasteiger partial charge is 0.379 e. The zero-order valence-electron chi connectivity index (χ0n) is 16.3. The Morgan fingerprint density at radius 2 is 2.17 bits per heavy atom. The van der Waals surface area contributed by atoms with Crippen LogP contribution < -0.4 is 0 Å². The minimum atomic E-state index is -0.574. The third kappa shape index (κ3) is 3.57. The Bertz CT molecular complexity index is 1030. The highest BCUT2D eigenvalue weighted by Gasteiger charge is 2.34. The molecule has 1 aromatic carbocycles. The first-order valence-corrected chi connectivity index (χ1v) is 10.7. The van der Waals surface area contributed by atoms with E-state index in [0.717, 1.165) is 17.8 Å². The lowest BCUT2D eigenvalue weighted by Gasteiger charge is -2.23. The van der Waals surface area contributed by atoms with E-state index >= 15 is 0 Å². The van der Waals surface area contributed by atoms with Crippen LogP contribution in [0.3, 0.4) is 0 Å². The zero-order valence-corrected chi connectivity index (χ0v) is 18.7. The summed E-state index contributed by atoms with van der Waals surface area (Å²) in [4.78, 5) is 14.6. The lowest BCUT2D eigenvalue weighted by atomic mass is 9.95. The van der Waals surface area contributed by atoms with Crippen LogP contribution in [-0.4, -0.2) is 46.2 Å². The molecule has 9 heteroatoms. The van der Waals surface area contributed by atoms with Crippen molar-refractivity contribution in [1.82, 2.24) is 14.0 Å². The van der Waals surface area contributed by atoms with Crippen molar-refractivity contribution in [3.63, 3.8) is 0 Å². The van der Waals surface area contributed by atoms with E-state index in [0.29, 0.717) is 31.0 Å². The molecule has 2 aromatic rings. The van der Waals surface area contributed by atoms with Crippen molar-refractivity contribution in [2.75, 3.05) is 20.3 Å². The van der Waals surface area contributed by atoms with Gasteiger partial charge in [0.1, 0.15) is 11.6 Å². The summed E-state index contributed by atoms with van der Waals surface area (Å²) in [5.74, 6) is -1.51. The number of rotatable bonds is 4. The Balaban J connectivity index is 1.62. The Labute approximate surface area is 181 Å². The number of hydrogen-bond donors (Lipinski definition) is 0. The van der Waals surface area contributed by atoms with Crippen molar-refractivity contribution in [2.45, 2.75) is 37.8 Å². The van der Waals surface area contributed by atoms with Crippen LogP contribution in [0, 0.1) is 16.4 Å². The van der Waals surface area contributed by atoms with E-state index in [9.17, 15) is 13.6 Å². The maximum atomic E-state index is 14.6. The van der Waals surface area contributed by atoms with Crippen molar-refractivity contribution >= 4 is 34.1 Å². The smallest absolute Gasteiger partial charge is 0.228 e. The molecule has 0 N–H and O–H groups in total. The van der Waals surface area contributed by atoms with E-state index in [4.69, 9.17) is 17.0 Å². The predicted molar refractivity (Wildman–Crippen MR) is 110 cm³/mol. The van der Waals surface area contributed by atoms with Gasteiger partial charge in [0.15, 0.2) is 4.77 Å². The van der Waals surface area contributed by atoms with Gasteiger partial charge in [-0.2, -0.15) is 0 Å². The van der Waals surface area contributed by atoms with E-state index in [1.165, 1.54) is 12.1 Å². The van der Waals surface area contributed by atoms with Gasteiger partial charge in [-0.15, -0.1) is 0 Å². The van der Waals surface area contributed by atoms with Gasteiger partial charge in [0.2, 0.25) is 5.91 Å². The first kappa shape index (κ1) is 20.7. The maximum Gasteiger partial charge on any atom is 0.228 e. The molecule has 4 rings (SSSR count). The minimum Gasteiger partial charge on any atom is -0.379 e. The van der Waals surface area contributed by atoms with Crippen molar-refractivity contribution in [2.24, 2.45) is 7.05 Å². The molecule has 2 aliphatic rings. The van der Waals surface area contributed by atoms with Crippen LogP contribution in [-0.2, 0) is 36.0 Å². The SMILES string of the molecule is CN(C(=O)Cc1c2n(c(=S)n1C)C[C@H](c1c(F)ccc(Br)c1F)C2)C1CCOC1. The molecule has 1 aromatic heterocycles. The van der Waals surface area contributed by atoms with Gasteiger partial charge in [-0.3, -0.25) is 4.79 Å². The van der Waals surface area contributed by atoms with Crippen LogP contribution in [0.5, 0.6) is 0 Å². The van der Waals surface area contributed by atoms with Crippen LogP contribution in [0.4, 0.5) is 8.78 Å². The molecule has 2 aliphatic heterocycles. The summed E-state index contributed by atoms with van der Waals surface area (Å²) < 4.78 is 38.9. The lowest BCUT2D eigenvalue weighted by Crippen LogP contribution is -2.38. The fraction of sp³-hybridized carbons (Fsp3) is 0.500. The predicted octanol–water partition coefficient (Wildman–Crippen LogP) is 3.73. The maximum absolute atomic E-state index is 14.6. The summed E-state index contributed by atoms with van der Waals surface area (Å²) in [5, 5.41) is 0. The zero-order chi connectivity index (χ0) is 20.9. The lowest BCUT2D eigenvalue weighted by molar-refractivity contribution is -0.131. The molecule has 156 valence electrons. The molecule has 1 saturated heterocycles. The molecule has 2 atom stereocenters. The number of aromatic nitrogens is 2. The van der Waals surface area contributed by atoms with Gasteiger partial charge in [0.25, 0.3) is 0 Å². The summed E-state index contributed by atoms with van der Waals surface area (Å²) >= 11 is 8.69. The first-order chi connectivity index (χ1) is 13.8. The Morgan fingerprint density at radius 3 is 2.86 bits per heavy atom. The van der Waals surface area contributed by atoms with Gasteiger partial charge in [-0.05, 0) is 53.1 Å². The number of carbonyl (C=O) groups is 1. The number of amides is 1. The number of ether oxygens (including phenoxy) is 1. The molecular formula is C20H22BrF2N3O2S. The minimum absolute atomic E-state index is 0.0113. The Kier molecular flexibility index (Phi) is 5.65. The molecule has 0 radical (unpaired) electrons. The monoisotopic (exact) mass is 485 g/mol. The quantitative estimate of drug-likeness (QED) is 0.489. The van der Waals surface area contributed by atoms with Crippen LogP contribution in [0.2, 0.25) is 0 Å². The van der Waals surface area contributed by atoms with Crippen molar-refractivity contribution < 1.29 is 18.3 Å². The number of halogens is 3. The van der Waals surface area contributed by atoms with Crippen LogP contribution in [0.25, 0.3) is 0 Å². The molecule has 5 nitrogen and oxygen atoms in total. The number of fused-ring (bicyclic) bond motifs is 1. The number of likely N-dealkylation sites (N-methyl/N-ethyl adjacent to an activating group) is 1. The van der Waals surface area contributed by atoms with Gasteiger partial charge >= 0.3 is 0 Å². The summed E-state index contributed by atoms with van der Waals surface area (Å²) in [7, 11) is 3.63. The van der Waals surface area contributed by atoms with Crippen LogP contribution in [0.1, 0.15) is 29.3 Å². The highest BCUT2D eigenvalue weighted by molar-refractivity contribution is 9.10. The molecule has 0 saturated carbocycles. The number of hydrogen-bond acceptors (Lipinski definition) is 3. The van der Waals surface area contributed by atoms with E-state index in [1.807, 2.05) is 16.2 Å². The van der Waals surface area contributed by atoms with Crippen molar-refractivity contribution in [3.05, 3.63) is 50.0 Å². The van der Waals surface area contributed by atoms with Crippen molar-refractivity contribution in [1.29, 1.82) is 0 Å². The normalized spacial score (nSPS) is 20.9. The second-order valence-corrected chi connectivity index (χ2v) is 8.92. The third-order valence-electron chi connectivity index (χ3n) is 6.08. The second kappa shape index (κ2) is 7.92.